The van der Waals surface area contributed by atoms with Crippen molar-refractivity contribution in [3.8, 4) is 11.5 Å². The molecule has 3 rings (SSSR count). The second-order valence-corrected chi connectivity index (χ2v) is 7.18. The molecule has 1 N–H and O–H groups in total. The van der Waals surface area contributed by atoms with Crippen LogP contribution in [0.2, 0.25) is 0 Å². The third-order valence-electron chi connectivity index (χ3n) is 3.74. The SMILES string of the molecule is Cc1ccccc1CNS(=O)(=O)c1ccc2c(c1)OCCCO2. The highest BCUT2D eigenvalue weighted by molar-refractivity contribution is 7.89. The molecule has 0 saturated carbocycles. The fourth-order valence-corrected chi connectivity index (χ4v) is 3.40. The first-order chi connectivity index (χ1) is 11.1. The van der Waals surface area contributed by atoms with Crippen molar-refractivity contribution >= 4 is 10.0 Å². The first kappa shape index (κ1) is 15.8. The van der Waals surface area contributed by atoms with Gasteiger partial charge in [-0.2, -0.15) is 0 Å². The first-order valence-electron chi connectivity index (χ1n) is 7.50. The number of sulfonamides is 1. The normalized spacial score (nSPS) is 14.3. The summed E-state index contributed by atoms with van der Waals surface area (Å²) >= 11 is 0. The largest absolute Gasteiger partial charge is 0.490 e. The monoisotopic (exact) mass is 333 g/mol. The van der Waals surface area contributed by atoms with Gasteiger partial charge >= 0.3 is 0 Å². The van der Waals surface area contributed by atoms with Crippen LogP contribution in [0.4, 0.5) is 0 Å². The van der Waals surface area contributed by atoms with E-state index in [1.54, 1.807) is 6.07 Å². The van der Waals surface area contributed by atoms with Gasteiger partial charge in [-0.25, -0.2) is 13.1 Å². The van der Waals surface area contributed by atoms with Crippen molar-refractivity contribution in [2.75, 3.05) is 13.2 Å². The van der Waals surface area contributed by atoms with Crippen LogP contribution in [0.25, 0.3) is 0 Å². The summed E-state index contributed by atoms with van der Waals surface area (Å²) in [6.45, 7) is 3.30. The van der Waals surface area contributed by atoms with Crippen LogP contribution in [0.5, 0.6) is 11.5 Å². The molecule has 1 aliphatic heterocycles. The summed E-state index contributed by atoms with van der Waals surface area (Å²) in [5.41, 5.74) is 2.00. The van der Waals surface area contributed by atoms with E-state index in [0.29, 0.717) is 24.7 Å². The molecule has 122 valence electrons. The molecule has 0 atom stereocenters. The van der Waals surface area contributed by atoms with E-state index in [9.17, 15) is 8.42 Å². The Bertz CT molecular complexity index is 802. The Labute approximate surface area is 136 Å². The van der Waals surface area contributed by atoms with Crippen molar-refractivity contribution in [3.63, 3.8) is 0 Å². The maximum Gasteiger partial charge on any atom is 0.241 e. The molecular weight excluding hydrogens is 314 g/mol. The van der Waals surface area contributed by atoms with Gasteiger partial charge in [0.05, 0.1) is 18.1 Å². The van der Waals surface area contributed by atoms with E-state index in [1.807, 2.05) is 31.2 Å². The van der Waals surface area contributed by atoms with Gasteiger partial charge in [0.25, 0.3) is 0 Å². The summed E-state index contributed by atoms with van der Waals surface area (Å²) in [6.07, 6.45) is 0.780. The lowest BCUT2D eigenvalue weighted by atomic mass is 10.1. The topological polar surface area (TPSA) is 64.6 Å². The summed E-state index contributed by atoms with van der Waals surface area (Å²) in [4.78, 5) is 0.176. The molecule has 1 heterocycles. The van der Waals surface area contributed by atoms with E-state index in [-0.39, 0.29) is 11.4 Å². The van der Waals surface area contributed by atoms with Gasteiger partial charge in [-0.3, -0.25) is 0 Å². The molecule has 0 unspecified atom stereocenters. The van der Waals surface area contributed by atoms with Gasteiger partial charge in [-0.1, -0.05) is 24.3 Å². The van der Waals surface area contributed by atoms with Crippen molar-refractivity contribution in [3.05, 3.63) is 53.6 Å². The van der Waals surface area contributed by atoms with Gasteiger partial charge in [0.1, 0.15) is 0 Å². The van der Waals surface area contributed by atoms with Crippen LogP contribution in [0.15, 0.2) is 47.4 Å². The molecule has 2 aromatic rings. The highest BCUT2D eigenvalue weighted by atomic mass is 32.2. The number of hydrogen-bond acceptors (Lipinski definition) is 4. The molecule has 0 aromatic heterocycles. The average Bonchev–Trinajstić information content (AvgIpc) is 2.78. The standard InChI is InChI=1S/C17H19NO4S/c1-13-5-2-3-6-14(13)12-18-23(19,20)15-7-8-16-17(11-15)22-10-4-9-21-16/h2-3,5-8,11,18H,4,9-10,12H2,1H3. The van der Waals surface area contributed by atoms with E-state index in [0.717, 1.165) is 17.5 Å². The molecule has 0 spiro atoms. The maximum atomic E-state index is 12.5. The minimum absolute atomic E-state index is 0.176. The molecule has 0 fully saturated rings. The van der Waals surface area contributed by atoms with E-state index in [4.69, 9.17) is 9.47 Å². The maximum absolute atomic E-state index is 12.5. The van der Waals surface area contributed by atoms with Crippen LogP contribution in [0.1, 0.15) is 17.5 Å². The Hall–Kier alpha value is -2.05. The lowest BCUT2D eigenvalue weighted by Crippen LogP contribution is -2.23. The molecule has 0 aliphatic carbocycles. The number of hydrogen-bond donors (Lipinski definition) is 1. The highest BCUT2D eigenvalue weighted by Crippen LogP contribution is 2.31. The van der Waals surface area contributed by atoms with Crippen molar-refractivity contribution < 1.29 is 17.9 Å². The predicted molar refractivity (Wildman–Crippen MR) is 87.3 cm³/mol. The molecule has 0 saturated heterocycles. The van der Waals surface area contributed by atoms with Crippen LogP contribution >= 0.6 is 0 Å². The number of ether oxygens (including phenoxy) is 2. The second kappa shape index (κ2) is 6.60. The Balaban J connectivity index is 1.80. The van der Waals surface area contributed by atoms with Crippen LogP contribution in [0.3, 0.4) is 0 Å². The minimum Gasteiger partial charge on any atom is -0.490 e. The van der Waals surface area contributed by atoms with Crippen LogP contribution < -0.4 is 14.2 Å². The van der Waals surface area contributed by atoms with Gasteiger partial charge in [0.2, 0.25) is 10.0 Å². The van der Waals surface area contributed by atoms with E-state index in [1.165, 1.54) is 12.1 Å². The van der Waals surface area contributed by atoms with Crippen LogP contribution in [-0.2, 0) is 16.6 Å². The number of benzene rings is 2. The molecular formula is C17H19NO4S. The minimum atomic E-state index is -3.61. The fourth-order valence-electron chi connectivity index (χ4n) is 2.38. The second-order valence-electron chi connectivity index (χ2n) is 5.41. The Morgan fingerprint density at radius 2 is 1.78 bits per heavy atom. The van der Waals surface area contributed by atoms with Crippen LogP contribution in [-0.4, -0.2) is 21.6 Å². The molecule has 6 heteroatoms. The summed E-state index contributed by atoms with van der Waals surface area (Å²) in [6, 6.07) is 12.4. The zero-order chi connectivity index (χ0) is 16.3. The third-order valence-corrected chi connectivity index (χ3v) is 5.14. The zero-order valence-electron chi connectivity index (χ0n) is 12.9. The summed E-state index contributed by atoms with van der Waals surface area (Å²) < 4.78 is 38.7. The lowest BCUT2D eigenvalue weighted by molar-refractivity contribution is 0.297. The number of rotatable bonds is 4. The van der Waals surface area contributed by atoms with Crippen molar-refractivity contribution in [2.45, 2.75) is 24.8 Å². The number of nitrogens with one attached hydrogen (secondary N) is 1. The molecule has 2 aromatic carbocycles. The van der Waals surface area contributed by atoms with Gasteiger partial charge in [0.15, 0.2) is 11.5 Å². The molecule has 0 radical (unpaired) electrons. The highest BCUT2D eigenvalue weighted by Gasteiger charge is 2.18. The first-order valence-corrected chi connectivity index (χ1v) is 8.98. The molecule has 23 heavy (non-hydrogen) atoms. The Morgan fingerprint density at radius 1 is 1.04 bits per heavy atom. The predicted octanol–water partition coefficient (Wildman–Crippen LogP) is 2.63. The van der Waals surface area contributed by atoms with Crippen molar-refractivity contribution in [2.24, 2.45) is 0 Å². The Morgan fingerprint density at radius 3 is 2.57 bits per heavy atom. The fraction of sp³-hybridized carbons (Fsp3) is 0.294. The quantitative estimate of drug-likeness (QED) is 0.934. The summed E-state index contributed by atoms with van der Waals surface area (Å²) in [5.74, 6) is 1.06. The summed E-state index contributed by atoms with van der Waals surface area (Å²) in [5, 5.41) is 0. The number of aryl methyl sites for hydroxylation is 1. The number of fused-ring (bicyclic) bond motifs is 1. The molecule has 1 aliphatic rings. The van der Waals surface area contributed by atoms with Gasteiger partial charge in [0, 0.05) is 19.0 Å². The molecule has 0 amide bonds. The van der Waals surface area contributed by atoms with E-state index in [2.05, 4.69) is 4.72 Å². The van der Waals surface area contributed by atoms with E-state index >= 15 is 0 Å². The molecule has 5 nitrogen and oxygen atoms in total. The van der Waals surface area contributed by atoms with Gasteiger partial charge < -0.3 is 9.47 Å². The third kappa shape index (κ3) is 3.65. The smallest absolute Gasteiger partial charge is 0.241 e. The average molecular weight is 333 g/mol. The Kier molecular flexibility index (Phi) is 4.54. The van der Waals surface area contributed by atoms with E-state index < -0.39 is 10.0 Å². The lowest BCUT2D eigenvalue weighted by Gasteiger charge is -2.11. The van der Waals surface area contributed by atoms with Crippen molar-refractivity contribution in [1.82, 2.24) is 4.72 Å². The van der Waals surface area contributed by atoms with Crippen molar-refractivity contribution in [1.29, 1.82) is 0 Å². The summed E-state index contributed by atoms with van der Waals surface area (Å²) in [7, 11) is -3.61. The molecule has 0 bridgehead atoms. The van der Waals surface area contributed by atoms with Gasteiger partial charge in [-0.05, 0) is 30.2 Å². The zero-order valence-corrected chi connectivity index (χ0v) is 13.7. The van der Waals surface area contributed by atoms with Gasteiger partial charge in [-0.15, -0.1) is 0 Å². The van der Waals surface area contributed by atoms with Crippen LogP contribution in [0, 0.1) is 6.92 Å².